The molecule has 0 atom stereocenters. The number of fused-ring (bicyclic) bond motifs is 1. The van der Waals surface area contributed by atoms with E-state index in [2.05, 4.69) is 4.98 Å². The predicted octanol–water partition coefficient (Wildman–Crippen LogP) is 1.88. The van der Waals surface area contributed by atoms with Crippen LogP contribution in [0.3, 0.4) is 0 Å². The van der Waals surface area contributed by atoms with Crippen LogP contribution < -0.4 is 5.73 Å². The topological polar surface area (TPSA) is 38.9 Å². The normalized spacial score (nSPS) is 10.7. The second-order valence-electron chi connectivity index (χ2n) is 3.18. The van der Waals surface area contributed by atoms with Gasteiger partial charge in [0, 0.05) is 5.39 Å². The molecule has 72 valence electrons. The first-order valence-corrected chi connectivity index (χ1v) is 4.54. The Morgan fingerprint density at radius 2 is 2.21 bits per heavy atom. The SMILES string of the molecule is NCCc1cccc2ncc(F)cc12. The van der Waals surface area contributed by atoms with Gasteiger partial charge < -0.3 is 5.73 Å². The molecule has 0 aliphatic heterocycles. The molecule has 3 heteroatoms. The lowest BCUT2D eigenvalue weighted by Crippen LogP contribution is -2.03. The van der Waals surface area contributed by atoms with Crippen molar-refractivity contribution in [2.24, 2.45) is 5.73 Å². The molecule has 0 spiro atoms. The highest BCUT2D eigenvalue weighted by Gasteiger charge is 2.02. The smallest absolute Gasteiger partial charge is 0.142 e. The number of hydrogen-bond donors (Lipinski definition) is 1. The average molecular weight is 190 g/mol. The predicted molar refractivity (Wildman–Crippen MR) is 54.5 cm³/mol. The van der Waals surface area contributed by atoms with E-state index in [1.165, 1.54) is 12.3 Å². The molecule has 2 rings (SSSR count). The van der Waals surface area contributed by atoms with Gasteiger partial charge in [0.05, 0.1) is 11.7 Å². The lowest BCUT2D eigenvalue weighted by Gasteiger charge is -2.03. The molecule has 0 amide bonds. The van der Waals surface area contributed by atoms with Gasteiger partial charge in [-0.2, -0.15) is 0 Å². The van der Waals surface area contributed by atoms with Gasteiger partial charge >= 0.3 is 0 Å². The standard InChI is InChI=1S/C11H11FN2/c12-9-6-10-8(4-5-13)2-1-3-11(10)14-7-9/h1-3,6-7H,4-5,13H2. The van der Waals surface area contributed by atoms with Crippen molar-refractivity contribution in [3.8, 4) is 0 Å². The number of halogens is 1. The van der Waals surface area contributed by atoms with Crippen LogP contribution in [0, 0.1) is 5.82 Å². The van der Waals surface area contributed by atoms with Crippen LogP contribution in [0.5, 0.6) is 0 Å². The number of nitrogens with two attached hydrogens (primary N) is 1. The Morgan fingerprint density at radius 1 is 1.36 bits per heavy atom. The molecule has 2 aromatic rings. The fraction of sp³-hybridized carbons (Fsp3) is 0.182. The average Bonchev–Trinajstić information content (AvgIpc) is 2.19. The fourth-order valence-electron chi connectivity index (χ4n) is 1.56. The van der Waals surface area contributed by atoms with E-state index in [1.54, 1.807) is 0 Å². The van der Waals surface area contributed by atoms with E-state index in [4.69, 9.17) is 5.73 Å². The number of aromatic nitrogens is 1. The molecule has 1 heterocycles. The van der Waals surface area contributed by atoms with Crippen LogP contribution in [-0.4, -0.2) is 11.5 Å². The molecule has 0 fully saturated rings. The van der Waals surface area contributed by atoms with E-state index in [0.29, 0.717) is 6.54 Å². The van der Waals surface area contributed by atoms with E-state index < -0.39 is 0 Å². The lowest BCUT2D eigenvalue weighted by atomic mass is 10.1. The number of hydrogen-bond acceptors (Lipinski definition) is 2. The third-order valence-electron chi connectivity index (χ3n) is 2.20. The van der Waals surface area contributed by atoms with Gasteiger partial charge in [0.2, 0.25) is 0 Å². The number of pyridine rings is 1. The van der Waals surface area contributed by atoms with Crippen LogP contribution in [0.2, 0.25) is 0 Å². The molecule has 2 N–H and O–H groups in total. The molecular weight excluding hydrogens is 179 g/mol. The van der Waals surface area contributed by atoms with Crippen LogP contribution in [0.15, 0.2) is 30.5 Å². The van der Waals surface area contributed by atoms with Gasteiger partial charge in [-0.05, 0) is 30.7 Å². The first kappa shape index (κ1) is 9.09. The first-order chi connectivity index (χ1) is 6.81. The minimum absolute atomic E-state index is 0.304. The Bertz CT molecular complexity index is 454. The summed E-state index contributed by atoms with van der Waals surface area (Å²) in [6.07, 6.45) is 1.98. The summed E-state index contributed by atoms with van der Waals surface area (Å²) in [5.74, 6) is -0.304. The first-order valence-electron chi connectivity index (χ1n) is 4.54. The van der Waals surface area contributed by atoms with Crippen molar-refractivity contribution in [2.45, 2.75) is 6.42 Å². The van der Waals surface area contributed by atoms with E-state index in [9.17, 15) is 4.39 Å². The third kappa shape index (κ3) is 1.59. The van der Waals surface area contributed by atoms with Crippen molar-refractivity contribution in [1.29, 1.82) is 0 Å². The molecule has 0 bridgehead atoms. The van der Waals surface area contributed by atoms with E-state index in [1.807, 2.05) is 18.2 Å². The number of benzene rings is 1. The maximum atomic E-state index is 13.0. The highest BCUT2D eigenvalue weighted by molar-refractivity contribution is 5.82. The molecule has 14 heavy (non-hydrogen) atoms. The van der Waals surface area contributed by atoms with Crippen molar-refractivity contribution in [2.75, 3.05) is 6.54 Å². The van der Waals surface area contributed by atoms with Crippen molar-refractivity contribution in [3.63, 3.8) is 0 Å². The lowest BCUT2D eigenvalue weighted by molar-refractivity contribution is 0.624. The van der Waals surface area contributed by atoms with E-state index >= 15 is 0 Å². The summed E-state index contributed by atoms with van der Waals surface area (Å²) in [5, 5.41) is 0.859. The van der Waals surface area contributed by atoms with Crippen molar-refractivity contribution in [3.05, 3.63) is 41.8 Å². The van der Waals surface area contributed by atoms with Crippen molar-refractivity contribution >= 4 is 10.9 Å². The summed E-state index contributed by atoms with van der Waals surface area (Å²) >= 11 is 0. The molecule has 1 aromatic heterocycles. The monoisotopic (exact) mass is 190 g/mol. The fourth-order valence-corrected chi connectivity index (χ4v) is 1.56. The molecule has 1 aromatic carbocycles. The van der Waals surface area contributed by atoms with Gasteiger partial charge in [0.1, 0.15) is 5.82 Å². The number of nitrogens with zero attached hydrogens (tertiary/aromatic N) is 1. The summed E-state index contributed by atoms with van der Waals surface area (Å²) in [5.41, 5.74) is 7.35. The van der Waals surface area contributed by atoms with Crippen molar-refractivity contribution < 1.29 is 4.39 Å². The van der Waals surface area contributed by atoms with Gasteiger partial charge in [-0.15, -0.1) is 0 Å². The maximum absolute atomic E-state index is 13.0. The van der Waals surface area contributed by atoms with Gasteiger partial charge in [-0.25, -0.2) is 4.39 Å². The highest BCUT2D eigenvalue weighted by Crippen LogP contribution is 2.17. The van der Waals surface area contributed by atoms with Crippen LogP contribution in [0.4, 0.5) is 4.39 Å². The Hall–Kier alpha value is -1.48. The summed E-state index contributed by atoms with van der Waals surface area (Å²) in [6.45, 7) is 0.565. The zero-order chi connectivity index (χ0) is 9.97. The Morgan fingerprint density at radius 3 is 3.00 bits per heavy atom. The highest BCUT2D eigenvalue weighted by atomic mass is 19.1. The second-order valence-corrected chi connectivity index (χ2v) is 3.18. The summed E-state index contributed by atoms with van der Waals surface area (Å²) in [7, 11) is 0. The molecule has 0 saturated carbocycles. The molecule has 0 aliphatic rings. The Labute approximate surface area is 81.6 Å². The molecule has 2 nitrogen and oxygen atoms in total. The van der Waals surface area contributed by atoms with E-state index in [-0.39, 0.29) is 5.82 Å². The second kappa shape index (κ2) is 3.72. The van der Waals surface area contributed by atoms with Crippen LogP contribution in [-0.2, 0) is 6.42 Å². The quantitative estimate of drug-likeness (QED) is 0.785. The zero-order valence-corrected chi connectivity index (χ0v) is 7.70. The number of rotatable bonds is 2. The van der Waals surface area contributed by atoms with Gasteiger partial charge in [-0.1, -0.05) is 12.1 Å². The Kier molecular flexibility index (Phi) is 2.41. The summed E-state index contributed by atoms with van der Waals surface area (Å²) in [6, 6.07) is 7.25. The summed E-state index contributed by atoms with van der Waals surface area (Å²) in [4.78, 5) is 4.01. The van der Waals surface area contributed by atoms with Gasteiger partial charge in [0.15, 0.2) is 0 Å². The van der Waals surface area contributed by atoms with E-state index in [0.717, 1.165) is 22.9 Å². The van der Waals surface area contributed by atoms with Crippen molar-refractivity contribution in [1.82, 2.24) is 4.98 Å². The molecular formula is C11H11FN2. The van der Waals surface area contributed by atoms with Crippen LogP contribution in [0.25, 0.3) is 10.9 Å². The van der Waals surface area contributed by atoms with Gasteiger partial charge in [0.25, 0.3) is 0 Å². The van der Waals surface area contributed by atoms with Crippen LogP contribution in [0.1, 0.15) is 5.56 Å². The summed E-state index contributed by atoms with van der Waals surface area (Å²) < 4.78 is 13.0. The van der Waals surface area contributed by atoms with Gasteiger partial charge in [-0.3, -0.25) is 4.98 Å². The maximum Gasteiger partial charge on any atom is 0.142 e. The minimum atomic E-state index is -0.304. The Balaban J connectivity index is 2.64. The zero-order valence-electron chi connectivity index (χ0n) is 7.70. The third-order valence-corrected chi connectivity index (χ3v) is 2.20. The van der Waals surface area contributed by atoms with Crippen LogP contribution >= 0.6 is 0 Å². The minimum Gasteiger partial charge on any atom is -0.330 e. The molecule has 0 saturated heterocycles. The molecule has 0 radical (unpaired) electrons. The molecule has 0 unspecified atom stereocenters. The largest absolute Gasteiger partial charge is 0.330 e. The molecule has 0 aliphatic carbocycles.